The standard InChI is InChI=1S/C8H15NO2/c1-2-5-9-8(10)7-4-3-6-11-7/h7H,2-6H2,1H3,(H,9,10)/t7-/m0/s1. The minimum atomic E-state index is -0.165. The molecule has 1 amide bonds. The normalized spacial score (nSPS) is 23.5. The monoisotopic (exact) mass is 157 g/mol. The van der Waals surface area contributed by atoms with E-state index in [-0.39, 0.29) is 12.0 Å². The molecule has 64 valence electrons. The molecule has 1 fully saturated rings. The maximum Gasteiger partial charge on any atom is 0.249 e. The molecule has 0 saturated carbocycles. The quantitative estimate of drug-likeness (QED) is 0.654. The molecule has 3 heteroatoms. The lowest BCUT2D eigenvalue weighted by atomic mass is 10.2. The number of amides is 1. The smallest absolute Gasteiger partial charge is 0.249 e. The molecule has 1 atom stereocenters. The Kier molecular flexibility index (Phi) is 3.36. The molecular weight excluding hydrogens is 142 g/mol. The molecule has 1 aliphatic rings. The summed E-state index contributed by atoms with van der Waals surface area (Å²) in [4.78, 5) is 11.2. The van der Waals surface area contributed by atoms with Gasteiger partial charge in [-0.05, 0) is 19.3 Å². The molecule has 0 spiro atoms. The van der Waals surface area contributed by atoms with Gasteiger partial charge in [0, 0.05) is 13.2 Å². The van der Waals surface area contributed by atoms with Crippen LogP contribution in [0, 0.1) is 0 Å². The van der Waals surface area contributed by atoms with Gasteiger partial charge < -0.3 is 10.1 Å². The molecule has 0 radical (unpaired) electrons. The summed E-state index contributed by atoms with van der Waals surface area (Å²) in [6.45, 7) is 3.54. The van der Waals surface area contributed by atoms with E-state index in [4.69, 9.17) is 4.74 Å². The molecule has 0 unspecified atom stereocenters. The van der Waals surface area contributed by atoms with E-state index in [0.717, 1.165) is 32.4 Å². The molecular formula is C8H15NO2. The first-order valence-electron chi connectivity index (χ1n) is 4.24. The third-order valence-electron chi connectivity index (χ3n) is 1.77. The number of rotatable bonds is 3. The van der Waals surface area contributed by atoms with Crippen molar-refractivity contribution in [1.29, 1.82) is 0 Å². The molecule has 1 aliphatic heterocycles. The van der Waals surface area contributed by atoms with Crippen LogP contribution in [0.5, 0.6) is 0 Å². The molecule has 0 bridgehead atoms. The van der Waals surface area contributed by atoms with Crippen LogP contribution >= 0.6 is 0 Å². The molecule has 0 aromatic carbocycles. The summed E-state index contributed by atoms with van der Waals surface area (Å²) in [5.41, 5.74) is 0. The van der Waals surface area contributed by atoms with Crippen LogP contribution in [0.3, 0.4) is 0 Å². The van der Waals surface area contributed by atoms with Gasteiger partial charge >= 0.3 is 0 Å². The first kappa shape index (κ1) is 8.53. The zero-order valence-electron chi connectivity index (χ0n) is 6.93. The minimum Gasteiger partial charge on any atom is -0.368 e. The second kappa shape index (κ2) is 4.34. The van der Waals surface area contributed by atoms with Gasteiger partial charge in [-0.1, -0.05) is 6.92 Å². The van der Waals surface area contributed by atoms with Crippen LogP contribution in [0.1, 0.15) is 26.2 Å². The van der Waals surface area contributed by atoms with Gasteiger partial charge in [-0.15, -0.1) is 0 Å². The van der Waals surface area contributed by atoms with E-state index >= 15 is 0 Å². The molecule has 11 heavy (non-hydrogen) atoms. The summed E-state index contributed by atoms with van der Waals surface area (Å²) in [6.07, 6.45) is 2.72. The summed E-state index contributed by atoms with van der Waals surface area (Å²) < 4.78 is 5.20. The molecule has 1 rings (SSSR count). The first-order valence-corrected chi connectivity index (χ1v) is 4.24. The third-order valence-corrected chi connectivity index (χ3v) is 1.77. The van der Waals surface area contributed by atoms with Crippen molar-refractivity contribution in [1.82, 2.24) is 5.32 Å². The summed E-state index contributed by atoms with van der Waals surface area (Å²) >= 11 is 0. The van der Waals surface area contributed by atoms with E-state index in [2.05, 4.69) is 5.32 Å². The highest BCUT2D eigenvalue weighted by Gasteiger charge is 2.22. The topological polar surface area (TPSA) is 38.3 Å². The Bertz CT molecular complexity index is 130. The van der Waals surface area contributed by atoms with E-state index in [1.807, 2.05) is 6.92 Å². The number of nitrogens with one attached hydrogen (secondary N) is 1. The second-order valence-electron chi connectivity index (χ2n) is 2.79. The Labute approximate surface area is 67.1 Å². The van der Waals surface area contributed by atoms with Crippen LogP contribution in [-0.2, 0) is 9.53 Å². The zero-order chi connectivity index (χ0) is 8.10. The Morgan fingerprint density at radius 2 is 2.55 bits per heavy atom. The van der Waals surface area contributed by atoms with Crippen molar-refractivity contribution in [2.75, 3.05) is 13.2 Å². The van der Waals surface area contributed by atoms with Crippen LogP contribution in [0.4, 0.5) is 0 Å². The van der Waals surface area contributed by atoms with Crippen molar-refractivity contribution in [2.24, 2.45) is 0 Å². The van der Waals surface area contributed by atoms with Gasteiger partial charge in [0.2, 0.25) is 5.91 Å². The van der Waals surface area contributed by atoms with E-state index in [0.29, 0.717) is 0 Å². The highest BCUT2D eigenvalue weighted by atomic mass is 16.5. The summed E-state index contributed by atoms with van der Waals surface area (Å²) in [5, 5.41) is 2.81. The third kappa shape index (κ3) is 2.50. The van der Waals surface area contributed by atoms with Crippen molar-refractivity contribution < 1.29 is 9.53 Å². The number of carbonyl (C=O) groups excluding carboxylic acids is 1. The molecule has 1 saturated heterocycles. The van der Waals surface area contributed by atoms with Gasteiger partial charge in [-0.25, -0.2) is 0 Å². The lowest BCUT2D eigenvalue weighted by Gasteiger charge is -2.08. The SMILES string of the molecule is CCCNC(=O)[C@@H]1CCCO1. The first-order chi connectivity index (χ1) is 5.34. The number of carbonyl (C=O) groups is 1. The fraction of sp³-hybridized carbons (Fsp3) is 0.875. The highest BCUT2D eigenvalue weighted by Crippen LogP contribution is 2.11. The van der Waals surface area contributed by atoms with Crippen molar-refractivity contribution in [2.45, 2.75) is 32.3 Å². The van der Waals surface area contributed by atoms with Gasteiger partial charge in [0.05, 0.1) is 0 Å². The van der Waals surface area contributed by atoms with Gasteiger partial charge in [0.25, 0.3) is 0 Å². The van der Waals surface area contributed by atoms with Crippen LogP contribution in [0.2, 0.25) is 0 Å². The molecule has 1 heterocycles. The molecule has 1 N–H and O–H groups in total. The average molecular weight is 157 g/mol. The highest BCUT2D eigenvalue weighted by molar-refractivity contribution is 5.80. The van der Waals surface area contributed by atoms with Gasteiger partial charge in [-0.2, -0.15) is 0 Å². The predicted octanol–water partition coefficient (Wildman–Crippen LogP) is 0.692. The predicted molar refractivity (Wildman–Crippen MR) is 42.3 cm³/mol. The number of hydrogen-bond donors (Lipinski definition) is 1. The minimum absolute atomic E-state index is 0.0596. The van der Waals surface area contributed by atoms with Crippen LogP contribution in [-0.4, -0.2) is 25.2 Å². The van der Waals surface area contributed by atoms with Crippen molar-refractivity contribution in [3.05, 3.63) is 0 Å². The van der Waals surface area contributed by atoms with Crippen LogP contribution in [0.15, 0.2) is 0 Å². The Morgan fingerprint density at radius 3 is 3.09 bits per heavy atom. The molecule has 0 aliphatic carbocycles. The summed E-state index contributed by atoms with van der Waals surface area (Å²) in [6, 6.07) is 0. The van der Waals surface area contributed by atoms with Gasteiger partial charge in [0.1, 0.15) is 6.10 Å². The van der Waals surface area contributed by atoms with E-state index in [1.165, 1.54) is 0 Å². The Morgan fingerprint density at radius 1 is 1.73 bits per heavy atom. The lowest BCUT2D eigenvalue weighted by Crippen LogP contribution is -2.34. The van der Waals surface area contributed by atoms with Crippen LogP contribution in [0.25, 0.3) is 0 Å². The lowest BCUT2D eigenvalue weighted by molar-refractivity contribution is -0.130. The van der Waals surface area contributed by atoms with E-state index in [9.17, 15) is 4.79 Å². The second-order valence-corrected chi connectivity index (χ2v) is 2.79. The fourth-order valence-corrected chi connectivity index (χ4v) is 1.15. The Hall–Kier alpha value is -0.570. The van der Waals surface area contributed by atoms with Crippen molar-refractivity contribution in [3.8, 4) is 0 Å². The summed E-state index contributed by atoms with van der Waals surface area (Å²) in [5.74, 6) is 0.0596. The van der Waals surface area contributed by atoms with Crippen molar-refractivity contribution >= 4 is 5.91 Å². The van der Waals surface area contributed by atoms with Crippen molar-refractivity contribution in [3.63, 3.8) is 0 Å². The largest absolute Gasteiger partial charge is 0.368 e. The average Bonchev–Trinajstić information content (AvgIpc) is 2.52. The molecule has 0 aromatic rings. The van der Waals surface area contributed by atoms with E-state index < -0.39 is 0 Å². The molecule has 3 nitrogen and oxygen atoms in total. The van der Waals surface area contributed by atoms with E-state index in [1.54, 1.807) is 0 Å². The fourth-order valence-electron chi connectivity index (χ4n) is 1.15. The maximum absolute atomic E-state index is 11.2. The van der Waals surface area contributed by atoms with Crippen LogP contribution < -0.4 is 5.32 Å². The number of hydrogen-bond acceptors (Lipinski definition) is 2. The molecule has 0 aromatic heterocycles. The Balaban J connectivity index is 2.17. The zero-order valence-corrected chi connectivity index (χ0v) is 6.93. The maximum atomic E-state index is 11.2. The van der Waals surface area contributed by atoms with Gasteiger partial charge in [0.15, 0.2) is 0 Å². The summed E-state index contributed by atoms with van der Waals surface area (Å²) in [7, 11) is 0. The number of ether oxygens (including phenoxy) is 1. The van der Waals surface area contributed by atoms with Gasteiger partial charge in [-0.3, -0.25) is 4.79 Å².